The highest BCUT2D eigenvalue weighted by molar-refractivity contribution is 6.18. The average Bonchev–Trinajstić information content (AvgIpc) is 2.80. The Bertz CT molecular complexity index is 491. The Morgan fingerprint density at radius 1 is 1.35 bits per heavy atom. The highest BCUT2D eigenvalue weighted by atomic mass is 35.5. The smallest absolute Gasteiger partial charge is 0.321 e. The summed E-state index contributed by atoms with van der Waals surface area (Å²) in [5.41, 5.74) is 0.266. The van der Waals surface area contributed by atoms with Crippen molar-refractivity contribution >= 4 is 23.3 Å². The van der Waals surface area contributed by atoms with E-state index < -0.39 is 4.92 Å². The van der Waals surface area contributed by atoms with Crippen molar-refractivity contribution < 1.29 is 9.72 Å². The van der Waals surface area contributed by atoms with Gasteiger partial charge in [-0.15, -0.1) is 11.6 Å². The number of carbonyl (C=O) groups is 1. The van der Waals surface area contributed by atoms with Gasteiger partial charge in [0.15, 0.2) is 5.69 Å². The molecule has 1 amide bonds. The molecule has 0 unspecified atom stereocenters. The van der Waals surface area contributed by atoms with Crippen molar-refractivity contribution in [1.29, 1.82) is 0 Å². The summed E-state index contributed by atoms with van der Waals surface area (Å²) in [6, 6.07) is 2.77. The monoisotopic (exact) mass is 300 g/mol. The SMILES string of the molecule is O=C(c1ccc([N+](=O)[O-])[nH]1)N1CCCN(CCCl)CC1. The number of hydrogen-bond acceptors (Lipinski definition) is 4. The molecule has 1 fully saturated rings. The Morgan fingerprint density at radius 3 is 2.80 bits per heavy atom. The maximum absolute atomic E-state index is 12.3. The van der Waals surface area contributed by atoms with E-state index in [0.29, 0.717) is 19.0 Å². The quantitative estimate of drug-likeness (QED) is 0.516. The molecule has 2 heterocycles. The van der Waals surface area contributed by atoms with E-state index in [0.717, 1.165) is 26.1 Å². The molecule has 8 heteroatoms. The average molecular weight is 301 g/mol. The lowest BCUT2D eigenvalue weighted by atomic mass is 10.3. The van der Waals surface area contributed by atoms with Crippen molar-refractivity contribution in [3.8, 4) is 0 Å². The fourth-order valence-corrected chi connectivity index (χ4v) is 2.54. The molecule has 1 N–H and O–H groups in total. The Labute approximate surface area is 121 Å². The number of H-pyrrole nitrogens is 1. The molecule has 20 heavy (non-hydrogen) atoms. The Morgan fingerprint density at radius 2 is 2.15 bits per heavy atom. The molecular weight excluding hydrogens is 284 g/mol. The Balaban J connectivity index is 1.99. The lowest BCUT2D eigenvalue weighted by Gasteiger charge is -2.20. The van der Waals surface area contributed by atoms with Gasteiger partial charge in [0.05, 0.1) is 0 Å². The molecule has 0 spiro atoms. The van der Waals surface area contributed by atoms with Crippen LogP contribution in [0.25, 0.3) is 0 Å². The van der Waals surface area contributed by atoms with Gasteiger partial charge in [-0.2, -0.15) is 0 Å². The molecular formula is C12H17ClN4O3. The number of hydrogen-bond donors (Lipinski definition) is 1. The van der Waals surface area contributed by atoms with Crippen LogP contribution in [-0.2, 0) is 0 Å². The number of nitrogens with one attached hydrogen (secondary N) is 1. The molecule has 0 aliphatic carbocycles. The zero-order chi connectivity index (χ0) is 14.5. The molecule has 1 aliphatic heterocycles. The van der Waals surface area contributed by atoms with E-state index in [-0.39, 0.29) is 17.4 Å². The highest BCUT2D eigenvalue weighted by Crippen LogP contribution is 2.13. The van der Waals surface area contributed by atoms with Gasteiger partial charge in [-0.25, -0.2) is 4.98 Å². The topological polar surface area (TPSA) is 82.5 Å². The summed E-state index contributed by atoms with van der Waals surface area (Å²) in [6.07, 6.45) is 0.880. The van der Waals surface area contributed by atoms with Crippen molar-refractivity contribution in [3.05, 3.63) is 27.9 Å². The normalized spacial score (nSPS) is 16.9. The fourth-order valence-electron chi connectivity index (χ4n) is 2.30. The van der Waals surface area contributed by atoms with Gasteiger partial charge in [0.25, 0.3) is 5.91 Å². The molecule has 0 radical (unpaired) electrons. The van der Waals surface area contributed by atoms with E-state index in [9.17, 15) is 14.9 Å². The van der Waals surface area contributed by atoms with E-state index in [1.54, 1.807) is 4.90 Å². The molecule has 1 aromatic rings. The minimum Gasteiger partial charge on any atom is -0.358 e. The van der Waals surface area contributed by atoms with Gasteiger partial charge in [0, 0.05) is 38.1 Å². The molecule has 0 atom stereocenters. The minimum atomic E-state index is -0.540. The number of alkyl halides is 1. The lowest BCUT2D eigenvalue weighted by molar-refractivity contribution is -0.389. The van der Waals surface area contributed by atoms with Crippen LogP contribution >= 0.6 is 11.6 Å². The molecule has 1 saturated heterocycles. The Hall–Kier alpha value is -1.60. The van der Waals surface area contributed by atoms with Crippen LogP contribution in [0.15, 0.2) is 12.1 Å². The predicted molar refractivity (Wildman–Crippen MR) is 75.1 cm³/mol. The number of nitrogens with zero attached hydrogens (tertiary/aromatic N) is 3. The van der Waals surface area contributed by atoms with Gasteiger partial charge in [-0.3, -0.25) is 4.79 Å². The second-order valence-electron chi connectivity index (χ2n) is 4.69. The molecule has 0 bridgehead atoms. The Kier molecular flexibility index (Phi) is 4.97. The summed E-state index contributed by atoms with van der Waals surface area (Å²) in [7, 11) is 0. The van der Waals surface area contributed by atoms with Crippen LogP contribution in [-0.4, -0.2) is 64.2 Å². The third-order valence-corrected chi connectivity index (χ3v) is 3.54. The van der Waals surface area contributed by atoms with E-state index in [1.807, 2.05) is 0 Å². The number of rotatable bonds is 4. The first-order valence-electron chi connectivity index (χ1n) is 6.53. The number of nitro groups is 1. The lowest BCUT2D eigenvalue weighted by Crippen LogP contribution is -2.35. The van der Waals surface area contributed by atoms with Crippen LogP contribution < -0.4 is 0 Å². The van der Waals surface area contributed by atoms with E-state index in [1.165, 1.54) is 12.1 Å². The van der Waals surface area contributed by atoms with Crippen LogP contribution in [0.1, 0.15) is 16.9 Å². The summed E-state index contributed by atoms with van der Waals surface area (Å²) < 4.78 is 0. The molecule has 1 aliphatic rings. The number of aromatic amines is 1. The van der Waals surface area contributed by atoms with Crippen LogP contribution in [0.2, 0.25) is 0 Å². The number of amides is 1. The first kappa shape index (κ1) is 14.8. The van der Waals surface area contributed by atoms with Crippen LogP contribution in [0.5, 0.6) is 0 Å². The zero-order valence-corrected chi connectivity index (χ0v) is 11.8. The summed E-state index contributed by atoms with van der Waals surface area (Å²) in [6.45, 7) is 3.78. The van der Waals surface area contributed by atoms with Crippen molar-refractivity contribution in [2.75, 3.05) is 38.6 Å². The van der Waals surface area contributed by atoms with Gasteiger partial charge < -0.3 is 19.9 Å². The van der Waals surface area contributed by atoms with E-state index in [4.69, 9.17) is 11.6 Å². The number of halogens is 1. The third kappa shape index (κ3) is 3.49. The van der Waals surface area contributed by atoms with Crippen LogP contribution in [0.4, 0.5) is 5.82 Å². The second-order valence-corrected chi connectivity index (χ2v) is 5.07. The third-order valence-electron chi connectivity index (χ3n) is 3.37. The molecule has 1 aromatic heterocycles. The molecule has 2 rings (SSSR count). The second kappa shape index (κ2) is 6.71. The van der Waals surface area contributed by atoms with Gasteiger partial charge in [0.1, 0.15) is 0 Å². The molecule has 7 nitrogen and oxygen atoms in total. The highest BCUT2D eigenvalue weighted by Gasteiger charge is 2.23. The first-order valence-corrected chi connectivity index (χ1v) is 7.06. The van der Waals surface area contributed by atoms with E-state index in [2.05, 4.69) is 9.88 Å². The molecule has 110 valence electrons. The maximum Gasteiger partial charge on any atom is 0.321 e. The molecule has 0 saturated carbocycles. The summed E-state index contributed by atoms with van der Waals surface area (Å²) in [5, 5.41) is 10.6. The largest absolute Gasteiger partial charge is 0.358 e. The maximum atomic E-state index is 12.3. The predicted octanol–water partition coefficient (Wildman–Crippen LogP) is 1.31. The molecule has 0 aromatic carbocycles. The van der Waals surface area contributed by atoms with Crippen LogP contribution in [0, 0.1) is 10.1 Å². The van der Waals surface area contributed by atoms with E-state index >= 15 is 0 Å². The van der Waals surface area contributed by atoms with Crippen molar-refractivity contribution in [2.45, 2.75) is 6.42 Å². The fraction of sp³-hybridized carbons (Fsp3) is 0.583. The van der Waals surface area contributed by atoms with Gasteiger partial charge >= 0.3 is 5.82 Å². The minimum absolute atomic E-state index is 0.160. The zero-order valence-electron chi connectivity index (χ0n) is 11.0. The first-order chi connectivity index (χ1) is 9.61. The summed E-state index contributed by atoms with van der Waals surface area (Å²) >= 11 is 5.72. The van der Waals surface area contributed by atoms with Gasteiger partial charge in [-0.1, -0.05) is 0 Å². The van der Waals surface area contributed by atoms with Crippen LogP contribution in [0.3, 0.4) is 0 Å². The van der Waals surface area contributed by atoms with Gasteiger partial charge in [-0.05, 0) is 24.0 Å². The van der Waals surface area contributed by atoms with Crippen molar-refractivity contribution in [2.24, 2.45) is 0 Å². The summed E-state index contributed by atoms with van der Waals surface area (Å²) in [4.78, 5) is 28.8. The van der Waals surface area contributed by atoms with Gasteiger partial charge in [0.2, 0.25) is 0 Å². The number of aromatic nitrogens is 1. The number of carbonyl (C=O) groups excluding carboxylic acids is 1. The summed E-state index contributed by atoms with van der Waals surface area (Å²) in [5.74, 6) is 0.231. The van der Waals surface area contributed by atoms with Crippen molar-refractivity contribution in [3.63, 3.8) is 0 Å². The standard InChI is InChI=1S/C12H17ClN4O3/c13-4-7-15-5-1-6-16(9-8-15)12(18)10-2-3-11(14-10)17(19)20/h2-3,14H,1,4-9H2. The van der Waals surface area contributed by atoms with Crippen molar-refractivity contribution in [1.82, 2.24) is 14.8 Å².